The van der Waals surface area contributed by atoms with Crippen LogP contribution in [0.1, 0.15) is 30.3 Å². The molecule has 0 aliphatic carbocycles. The minimum Gasteiger partial charge on any atom is -0.496 e. The molecule has 4 nitrogen and oxygen atoms in total. The fourth-order valence-electron chi connectivity index (χ4n) is 1.50. The van der Waals surface area contributed by atoms with E-state index < -0.39 is 18.2 Å². The van der Waals surface area contributed by atoms with Gasteiger partial charge in [-0.05, 0) is 18.6 Å². The van der Waals surface area contributed by atoms with Gasteiger partial charge in [0.1, 0.15) is 11.9 Å². The number of rotatable bonds is 4. The molecule has 88 valence electrons. The highest BCUT2D eigenvalue weighted by Crippen LogP contribution is 2.33. The molecule has 1 aromatic carbocycles. The lowest BCUT2D eigenvalue weighted by molar-refractivity contribution is -0.147. The number of aliphatic hydroxyl groups excluding tert-OH is 1. The fraction of sp³-hybridized carbons (Fsp3) is 0.364. The van der Waals surface area contributed by atoms with Crippen LogP contribution in [0.2, 0.25) is 0 Å². The van der Waals surface area contributed by atoms with E-state index >= 15 is 0 Å². The van der Waals surface area contributed by atoms with Gasteiger partial charge >= 0.3 is 5.97 Å². The van der Waals surface area contributed by atoms with Gasteiger partial charge in [0.15, 0.2) is 6.10 Å². The third-order valence-corrected chi connectivity index (χ3v) is 2.26. The molecule has 0 saturated heterocycles. The SMILES string of the molecule is COc1cccc(C(C)F)c1C(O)C(=O)O. The molecular formula is C11H13FO4. The monoisotopic (exact) mass is 228 g/mol. The molecule has 0 spiro atoms. The molecule has 0 radical (unpaired) electrons. The van der Waals surface area contributed by atoms with Crippen LogP contribution in [0.4, 0.5) is 4.39 Å². The first-order valence-corrected chi connectivity index (χ1v) is 4.70. The number of aliphatic carboxylic acids is 1. The van der Waals surface area contributed by atoms with E-state index in [1.807, 2.05) is 0 Å². The zero-order valence-electron chi connectivity index (χ0n) is 8.98. The van der Waals surface area contributed by atoms with E-state index in [1.54, 1.807) is 6.07 Å². The van der Waals surface area contributed by atoms with Gasteiger partial charge in [-0.25, -0.2) is 9.18 Å². The number of ether oxygens (including phenoxy) is 1. The van der Waals surface area contributed by atoms with Gasteiger partial charge in [-0.2, -0.15) is 0 Å². The predicted molar refractivity (Wildman–Crippen MR) is 55.1 cm³/mol. The van der Waals surface area contributed by atoms with Gasteiger partial charge in [0.05, 0.1) is 7.11 Å². The quantitative estimate of drug-likeness (QED) is 0.825. The number of alkyl halides is 1. The van der Waals surface area contributed by atoms with Crippen molar-refractivity contribution in [2.45, 2.75) is 19.2 Å². The van der Waals surface area contributed by atoms with Crippen molar-refractivity contribution in [1.29, 1.82) is 0 Å². The lowest BCUT2D eigenvalue weighted by Gasteiger charge is -2.16. The van der Waals surface area contributed by atoms with Crippen molar-refractivity contribution in [2.75, 3.05) is 7.11 Å². The van der Waals surface area contributed by atoms with E-state index in [0.29, 0.717) is 0 Å². The highest BCUT2D eigenvalue weighted by molar-refractivity contribution is 5.76. The second-order valence-corrected chi connectivity index (χ2v) is 3.32. The largest absolute Gasteiger partial charge is 0.496 e. The van der Waals surface area contributed by atoms with Crippen LogP contribution in [0.15, 0.2) is 18.2 Å². The van der Waals surface area contributed by atoms with Crippen LogP contribution < -0.4 is 4.74 Å². The van der Waals surface area contributed by atoms with Gasteiger partial charge in [0, 0.05) is 5.56 Å². The summed E-state index contributed by atoms with van der Waals surface area (Å²) in [5.41, 5.74) is 0.0850. The molecule has 0 aliphatic rings. The maximum Gasteiger partial charge on any atom is 0.337 e. The van der Waals surface area contributed by atoms with Crippen molar-refractivity contribution < 1.29 is 24.1 Å². The maximum absolute atomic E-state index is 13.3. The van der Waals surface area contributed by atoms with E-state index in [-0.39, 0.29) is 16.9 Å². The molecule has 0 aromatic heterocycles. The molecular weight excluding hydrogens is 215 g/mol. The van der Waals surface area contributed by atoms with Crippen molar-refractivity contribution >= 4 is 5.97 Å². The Morgan fingerprint density at radius 3 is 2.56 bits per heavy atom. The number of hydrogen-bond acceptors (Lipinski definition) is 3. The first kappa shape index (κ1) is 12.4. The minimum absolute atomic E-state index is 0.0347. The average molecular weight is 228 g/mol. The molecule has 2 atom stereocenters. The Bertz CT molecular complexity index is 390. The van der Waals surface area contributed by atoms with Gasteiger partial charge in [-0.3, -0.25) is 0 Å². The van der Waals surface area contributed by atoms with Crippen LogP contribution in [-0.4, -0.2) is 23.3 Å². The summed E-state index contributed by atoms with van der Waals surface area (Å²) in [6.45, 7) is 1.27. The van der Waals surface area contributed by atoms with Crippen LogP contribution in [-0.2, 0) is 4.79 Å². The summed E-state index contributed by atoms with van der Waals surface area (Å²) in [4.78, 5) is 10.7. The smallest absolute Gasteiger partial charge is 0.337 e. The van der Waals surface area contributed by atoms with Crippen molar-refractivity contribution in [1.82, 2.24) is 0 Å². The van der Waals surface area contributed by atoms with Gasteiger partial charge in [-0.15, -0.1) is 0 Å². The zero-order chi connectivity index (χ0) is 12.3. The molecule has 1 rings (SSSR count). The minimum atomic E-state index is -1.79. The Morgan fingerprint density at radius 2 is 2.12 bits per heavy atom. The Balaban J connectivity index is 3.35. The van der Waals surface area contributed by atoms with Gasteiger partial charge in [0.25, 0.3) is 0 Å². The van der Waals surface area contributed by atoms with Crippen molar-refractivity contribution in [3.63, 3.8) is 0 Å². The molecule has 0 fully saturated rings. The molecule has 2 unspecified atom stereocenters. The number of aliphatic hydroxyl groups is 1. The Labute approximate surface area is 92.3 Å². The third-order valence-electron chi connectivity index (χ3n) is 2.26. The summed E-state index contributed by atoms with van der Waals surface area (Å²) < 4.78 is 18.2. The van der Waals surface area contributed by atoms with Crippen molar-refractivity contribution in [3.8, 4) is 5.75 Å². The first-order chi connectivity index (χ1) is 7.49. The molecule has 2 N–H and O–H groups in total. The molecule has 0 saturated carbocycles. The summed E-state index contributed by atoms with van der Waals surface area (Å²) in [6, 6.07) is 4.45. The highest BCUT2D eigenvalue weighted by Gasteiger charge is 2.25. The molecule has 1 aromatic rings. The summed E-state index contributed by atoms with van der Waals surface area (Å²) in [6.07, 6.45) is -3.16. The Morgan fingerprint density at radius 1 is 1.50 bits per heavy atom. The van der Waals surface area contributed by atoms with Crippen LogP contribution in [0.5, 0.6) is 5.75 Å². The van der Waals surface area contributed by atoms with Crippen molar-refractivity contribution in [2.24, 2.45) is 0 Å². The molecule has 16 heavy (non-hydrogen) atoms. The molecule has 0 bridgehead atoms. The van der Waals surface area contributed by atoms with Crippen LogP contribution >= 0.6 is 0 Å². The summed E-state index contributed by atoms with van der Waals surface area (Å²) >= 11 is 0. The number of benzene rings is 1. The van der Waals surface area contributed by atoms with Gasteiger partial charge in [-0.1, -0.05) is 12.1 Å². The molecule has 0 amide bonds. The zero-order valence-corrected chi connectivity index (χ0v) is 8.98. The number of carboxylic acid groups (broad SMARTS) is 1. The Kier molecular flexibility index (Phi) is 3.84. The van der Waals surface area contributed by atoms with E-state index in [1.165, 1.54) is 26.2 Å². The van der Waals surface area contributed by atoms with E-state index in [4.69, 9.17) is 9.84 Å². The first-order valence-electron chi connectivity index (χ1n) is 4.70. The molecule has 0 heterocycles. The number of carboxylic acids is 1. The lowest BCUT2D eigenvalue weighted by Crippen LogP contribution is -2.14. The van der Waals surface area contributed by atoms with Gasteiger partial charge in [0.2, 0.25) is 0 Å². The normalized spacial score (nSPS) is 14.2. The number of methoxy groups -OCH3 is 1. The standard InChI is InChI=1S/C11H13FO4/c1-6(12)7-4-3-5-8(16-2)9(7)10(13)11(14)15/h3-6,10,13H,1-2H3,(H,14,15). The number of hydrogen-bond donors (Lipinski definition) is 2. The van der Waals surface area contributed by atoms with Gasteiger partial charge < -0.3 is 14.9 Å². The fourth-order valence-corrected chi connectivity index (χ4v) is 1.50. The number of carbonyl (C=O) groups is 1. The summed E-state index contributed by atoms with van der Waals surface area (Å²) in [5.74, 6) is -1.27. The lowest BCUT2D eigenvalue weighted by atomic mass is 9.98. The van der Waals surface area contributed by atoms with Crippen LogP contribution in [0, 0.1) is 0 Å². The Hall–Kier alpha value is -1.62. The van der Waals surface area contributed by atoms with E-state index in [2.05, 4.69) is 0 Å². The van der Waals surface area contributed by atoms with Crippen molar-refractivity contribution in [3.05, 3.63) is 29.3 Å². The van der Waals surface area contributed by atoms with Crippen LogP contribution in [0.3, 0.4) is 0 Å². The summed E-state index contributed by atoms with van der Waals surface area (Å²) in [7, 11) is 1.33. The molecule has 5 heteroatoms. The summed E-state index contributed by atoms with van der Waals surface area (Å²) in [5, 5.41) is 18.2. The average Bonchev–Trinajstić information content (AvgIpc) is 2.26. The highest BCUT2D eigenvalue weighted by atomic mass is 19.1. The second kappa shape index (κ2) is 4.94. The van der Waals surface area contributed by atoms with E-state index in [0.717, 1.165) is 0 Å². The number of halogens is 1. The maximum atomic E-state index is 13.3. The molecule has 0 aliphatic heterocycles. The topological polar surface area (TPSA) is 66.8 Å². The third kappa shape index (κ3) is 2.30. The van der Waals surface area contributed by atoms with E-state index in [9.17, 15) is 14.3 Å². The van der Waals surface area contributed by atoms with Crippen LogP contribution in [0.25, 0.3) is 0 Å². The second-order valence-electron chi connectivity index (χ2n) is 3.32. The predicted octanol–water partition coefficient (Wildman–Crippen LogP) is 1.84.